The van der Waals surface area contributed by atoms with E-state index in [2.05, 4.69) is 0 Å². The number of carbonyl (C=O) groups is 1. The van der Waals surface area contributed by atoms with Crippen molar-refractivity contribution in [2.45, 2.75) is 12.2 Å². The lowest BCUT2D eigenvalue weighted by Gasteiger charge is -2.04. The minimum Gasteiger partial charge on any atom is -0.396 e. The fourth-order valence-corrected chi connectivity index (χ4v) is 2.11. The van der Waals surface area contributed by atoms with Gasteiger partial charge in [0.2, 0.25) is 5.91 Å². The molecule has 0 aromatic heterocycles. The molecule has 0 fully saturated rings. The quantitative estimate of drug-likeness (QED) is 0.745. The van der Waals surface area contributed by atoms with Gasteiger partial charge in [-0.1, -0.05) is 0 Å². The molecule has 0 saturated heterocycles. The summed E-state index contributed by atoms with van der Waals surface area (Å²) >= 11 is 1.51. The van der Waals surface area contributed by atoms with Gasteiger partial charge in [0.25, 0.3) is 0 Å². The SMILES string of the molecule is NC(=O)c1ccc(F)c(CSCCCO)c1. The maximum absolute atomic E-state index is 13.3. The third kappa shape index (κ3) is 3.83. The number of hydrogen-bond acceptors (Lipinski definition) is 3. The Morgan fingerprint density at radius 1 is 1.50 bits per heavy atom. The van der Waals surface area contributed by atoms with E-state index in [-0.39, 0.29) is 12.4 Å². The Kier molecular flexibility index (Phi) is 5.28. The summed E-state index contributed by atoms with van der Waals surface area (Å²) in [6, 6.07) is 4.10. The predicted molar refractivity (Wildman–Crippen MR) is 62.8 cm³/mol. The third-order valence-electron chi connectivity index (χ3n) is 2.03. The molecule has 3 nitrogen and oxygen atoms in total. The lowest BCUT2D eigenvalue weighted by molar-refractivity contribution is 0.1000. The van der Waals surface area contributed by atoms with Gasteiger partial charge in [0.05, 0.1) is 0 Å². The number of primary amides is 1. The van der Waals surface area contributed by atoms with E-state index in [4.69, 9.17) is 10.8 Å². The van der Waals surface area contributed by atoms with E-state index < -0.39 is 5.91 Å². The lowest BCUT2D eigenvalue weighted by atomic mass is 10.1. The van der Waals surface area contributed by atoms with Crippen LogP contribution in [0.2, 0.25) is 0 Å². The molecule has 0 unspecified atom stereocenters. The molecule has 1 aromatic rings. The van der Waals surface area contributed by atoms with Crippen LogP contribution in [-0.2, 0) is 5.75 Å². The first-order valence-electron chi connectivity index (χ1n) is 4.92. The zero-order valence-corrected chi connectivity index (χ0v) is 9.60. The number of nitrogens with two attached hydrogens (primary N) is 1. The van der Waals surface area contributed by atoms with Crippen LogP contribution in [-0.4, -0.2) is 23.4 Å². The second-order valence-electron chi connectivity index (χ2n) is 3.30. The standard InChI is InChI=1S/C11H14FNO2S/c12-10-3-2-8(11(13)15)6-9(10)7-16-5-1-4-14/h2-3,6,14H,1,4-5,7H2,(H2,13,15). The normalized spacial score (nSPS) is 10.4. The van der Waals surface area contributed by atoms with Gasteiger partial charge in [-0.25, -0.2) is 4.39 Å². The number of rotatable bonds is 6. The van der Waals surface area contributed by atoms with E-state index in [1.165, 1.54) is 30.0 Å². The van der Waals surface area contributed by atoms with Crippen LogP contribution in [0.1, 0.15) is 22.3 Å². The Labute approximate surface area is 97.8 Å². The van der Waals surface area contributed by atoms with E-state index in [9.17, 15) is 9.18 Å². The Morgan fingerprint density at radius 3 is 2.88 bits per heavy atom. The van der Waals surface area contributed by atoms with Crippen molar-refractivity contribution in [3.8, 4) is 0 Å². The maximum Gasteiger partial charge on any atom is 0.248 e. The van der Waals surface area contributed by atoms with Crippen LogP contribution in [0.4, 0.5) is 4.39 Å². The summed E-state index contributed by atoms with van der Waals surface area (Å²) in [6.45, 7) is 0.136. The topological polar surface area (TPSA) is 63.3 Å². The van der Waals surface area contributed by atoms with Crippen LogP contribution in [0.5, 0.6) is 0 Å². The molecule has 0 bridgehead atoms. The van der Waals surface area contributed by atoms with Gasteiger partial charge in [-0.15, -0.1) is 0 Å². The van der Waals surface area contributed by atoms with Crippen molar-refractivity contribution in [2.75, 3.05) is 12.4 Å². The molecular formula is C11H14FNO2S. The molecule has 16 heavy (non-hydrogen) atoms. The Morgan fingerprint density at radius 2 is 2.25 bits per heavy atom. The zero-order valence-electron chi connectivity index (χ0n) is 8.78. The molecule has 0 aliphatic rings. The number of aliphatic hydroxyl groups excluding tert-OH is 1. The van der Waals surface area contributed by atoms with Gasteiger partial charge >= 0.3 is 0 Å². The van der Waals surface area contributed by atoms with Crippen molar-refractivity contribution < 1.29 is 14.3 Å². The Balaban J connectivity index is 2.63. The monoisotopic (exact) mass is 243 g/mol. The molecule has 0 aliphatic carbocycles. The first-order valence-corrected chi connectivity index (χ1v) is 6.07. The van der Waals surface area contributed by atoms with Gasteiger partial charge in [-0.2, -0.15) is 11.8 Å². The summed E-state index contributed by atoms with van der Waals surface area (Å²) in [4.78, 5) is 10.9. The first kappa shape index (κ1) is 13.0. The van der Waals surface area contributed by atoms with Crippen LogP contribution in [0, 0.1) is 5.82 Å². The molecule has 0 saturated carbocycles. The molecule has 0 aliphatic heterocycles. The lowest BCUT2D eigenvalue weighted by Crippen LogP contribution is -2.11. The maximum atomic E-state index is 13.3. The Bertz CT molecular complexity index is 371. The molecule has 5 heteroatoms. The van der Waals surface area contributed by atoms with Gasteiger partial charge in [0, 0.05) is 17.9 Å². The second kappa shape index (κ2) is 6.50. The highest BCUT2D eigenvalue weighted by molar-refractivity contribution is 7.98. The smallest absolute Gasteiger partial charge is 0.248 e. The molecule has 0 spiro atoms. The van der Waals surface area contributed by atoms with Gasteiger partial charge in [0.1, 0.15) is 5.82 Å². The molecular weight excluding hydrogens is 229 g/mol. The number of hydrogen-bond donors (Lipinski definition) is 2. The largest absolute Gasteiger partial charge is 0.396 e. The molecule has 3 N–H and O–H groups in total. The molecule has 1 rings (SSSR count). The average Bonchev–Trinajstić information content (AvgIpc) is 2.26. The van der Waals surface area contributed by atoms with E-state index in [0.717, 1.165) is 5.75 Å². The van der Waals surface area contributed by atoms with Crippen molar-refractivity contribution in [3.63, 3.8) is 0 Å². The van der Waals surface area contributed by atoms with Crippen molar-refractivity contribution in [3.05, 3.63) is 35.1 Å². The molecule has 0 radical (unpaired) electrons. The van der Waals surface area contributed by atoms with Crippen LogP contribution in [0.15, 0.2) is 18.2 Å². The highest BCUT2D eigenvalue weighted by Crippen LogP contribution is 2.17. The molecule has 1 aromatic carbocycles. The molecule has 88 valence electrons. The Hall–Kier alpha value is -1.07. The predicted octanol–water partition coefficient (Wildman–Crippen LogP) is 1.54. The summed E-state index contributed by atoms with van der Waals surface area (Å²) in [6.07, 6.45) is 0.682. The highest BCUT2D eigenvalue weighted by Gasteiger charge is 2.06. The third-order valence-corrected chi connectivity index (χ3v) is 3.13. The van der Waals surface area contributed by atoms with Gasteiger partial charge < -0.3 is 10.8 Å². The van der Waals surface area contributed by atoms with E-state index in [1.54, 1.807) is 0 Å². The van der Waals surface area contributed by atoms with E-state index in [1.807, 2.05) is 0 Å². The summed E-state index contributed by atoms with van der Waals surface area (Å²) < 4.78 is 13.3. The summed E-state index contributed by atoms with van der Waals surface area (Å²) in [5.41, 5.74) is 5.90. The first-order chi connectivity index (χ1) is 7.65. The number of carbonyl (C=O) groups excluding carboxylic acids is 1. The van der Waals surface area contributed by atoms with Crippen LogP contribution < -0.4 is 5.73 Å². The number of halogens is 1. The van der Waals surface area contributed by atoms with Gasteiger partial charge in [-0.3, -0.25) is 4.79 Å². The van der Waals surface area contributed by atoms with Crippen molar-refractivity contribution in [2.24, 2.45) is 5.73 Å². The minimum atomic E-state index is -0.554. The van der Waals surface area contributed by atoms with Crippen molar-refractivity contribution in [1.29, 1.82) is 0 Å². The second-order valence-corrected chi connectivity index (χ2v) is 4.41. The zero-order chi connectivity index (χ0) is 12.0. The molecule has 1 amide bonds. The molecule has 0 heterocycles. The fourth-order valence-electron chi connectivity index (χ4n) is 1.19. The minimum absolute atomic E-state index is 0.136. The number of aliphatic hydroxyl groups is 1. The van der Waals surface area contributed by atoms with Crippen molar-refractivity contribution >= 4 is 17.7 Å². The number of benzene rings is 1. The van der Waals surface area contributed by atoms with Gasteiger partial charge in [0.15, 0.2) is 0 Å². The summed E-state index contributed by atoms with van der Waals surface area (Å²) in [5.74, 6) is 0.354. The average molecular weight is 243 g/mol. The van der Waals surface area contributed by atoms with Crippen LogP contribution in [0.3, 0.4) is 0 Å². The fraction of sp³-hybridized carbons (Fsp3) is 0.364. The summed E-state index contributed by atoms with van der Waals surface area (Å²) in [7, 11) is 0. The highest BCUT2D eigenvalue weighted by atomic mass is 32.2. The van der Waals surface area contributed by atoms with E-state index in [0.29, 0.717) is 23.3 Å². The van der Waals surface area contributed by atoms with Crippen LogP contribution >= 0.6 is 11.8 Å². The van der Waals surface area contributed by atoms with Gasteiger partial charge in [-0.05, 0) is 35.9 Å². The summed E-state index contributed by atoms with van der Waals surface area (Å²) in [5, 5.41) is 8.59. The van der Waals surface area contributed by atoms with Crippen molar-refractivity contribution in [1.82, 2.24) is 0 Å². The van der Waals surface area contributed by atoms with Crippen LogP contribution in [0.25, 0.3) is 0 Å². The van der Waals surface area contributed by atoms with E-state index >= 15 is 0 Å². The number of thioether (sulfide) groups is 1. The number of amides is 1. The molecule has 0 atom stereocenters.